The van der Waals surface area contributed by atoms with E-state index in [9.17, 15) is 4.39 Å². The Morgan fingerprint density at radius 1 is 0.885 bits per heavy atom. The molecule has 1 saturated heterocycles. The highest BCUT2D eigenvalue weighted by molar-refractivity contribution is 5.65. The summed E-state index contributed by atoms with van der Waals surface area (Å²) in [7, 11) is 0. The molecule has 1 atom stereocenters. The van der Waals surface area contributed by atoms with Crippen LogP contribution in [0.25, 0.3) is 0 Å². The molecule has 2 aliphatic heterocycles. The monoisotopic (exact) mass is 354 g/mol. The second-order valence-electron chi connectivity index (χ2n) is 7.30. The molecular weight excluding hydrogens is 331 g/mol. The minimum absolute atomic E-state index is 0.120. The average molecular weight is 354 g/mol. The highest BCUT2D eigenvalue weighted by Crippen LogP contribution is 2.40. The zero-order valence-electron chi connectivity index (χ0n) is 14.8. The lowest BCUT2D eigenvalue weighted by Gasteiger charge is -2.40. The predicted molar refractivity (Wildman–Crippen MR) is 98.8 cm³/mol. The number of para-hydroxylation sites is 1. The second-order valence-corrected chi connectivity index (χ2v) is 7.30. The Kier molecular flexibility index (Phi) is 3.97. The molecule has 3 aliphatic rings. The molecule has 136 valence electrons. The van der Waals surface area contributed by atoms with Crippen LogP contribution in [0.2, 0.25) is 0 Å². The number of nitrogens with zero attached hydrogens (tertiary/aromatic N) is 2. The van der Waals surface area contributed by atoms with E-state index in [1.807, 2.05) is 18.2 Å². The molecule has 0 aromatic heterocycles. The lowest BCUT2D eigenvalue weighted by Crippen LogP contribution is -2.50. The highest BCUT2D eigenvalue weighted by atomic mass is 19.1. The van der Waals surface area contributed by atoms with Crippen molar-refractivity contribution in [3.05, 3.63) is 53.3 Å². The van der Waals surface area contributed by atoms with Crippen LogP contribution in [0.3, 0.4) is 0 Å². The van der Waals surface area contributed by atoms with Crippen LogP contribution in [-0.2, 0) is 12.8 Å². The lowest BCUT2D eigenvalue weighted by molar-refractivity contribution is 0.169. The van der Waals surface area contributed by atoms with Crippen LogP contribution in [0.4, 0.5) is 10.1 Å². The summed E-state index contributed by atoms with van der Waals surface area (Å²) in [6.45, 7) is 5.22. The average Bonchev–Trinajstić information content (AvgIpc) is 3.11. The Labute approximate surface area is 153 Å². The Morgan fingerprint density at radius 3 is 2.58 bits per heavy atom. The molecule has 2 aromatic rings. The van der Waals surface area contributed by atoms with E-state index in [1.165, 1.54) is 11.1 Å². The number of fused-ring (bicyclic) bond motifs is 2. The minimum atomic E-state index is -0.120. The summed E-state index contributed by atoms with van der Waals surface area (Å²) in [6, 6.07) is 11.9. The van der Waals surface area contributed by atoms with Crippen molar-refractivity contribution in [2.45, 2.75) is 18.9 Å². The zero-order chi connectivity index (χ0) is 17.5. The number of halogens is 1. The summed E-state index contributed by atoms with van der Waals surface area (Å²) >= 11 is 0. The molecule has 2 heterocycles. The number of anilines is 1. The number of ether oxygens (including phenoxy) is 2. The molecule has 4 nitrogen and oxygen atoms in total. The van der Waals surface area contributed by atoms with Crippen molar-refractivity contribution in [2.75, 3.05) is 44.3 Å². The van der Waals surface area contributed by atoms with Crippen molar-refractivity contribution in [1.29, 1.82) is 0 Å². The van der Waals surface area contributed by atoms with Gasteiger partial charge in [0.1, 0.15) is 19.0 Å². The normalized spacial score (nSPS) is 22.3. The van der Waals surface area contributed by atoms with E-state index in [2.05, 4.69) is 15.9 Å². The highest BCUT2D eigenvalue weighted by Gasteiger charge is 2.30. The van der Waals surface area contributed by atoms with E-state index in [0.29, 0.717) is 19.3 Å². The number of benzene rings is 2. The van der Waals surface area contributed by atoms with E-state index < -0.39 is 0 Å². The Hall–Kier alpha value is -2.27. The van der Waals surface area contributed by atoms with Gasteiger partial charge in [-0.05, 0) is 48.2 Å². The Balaban J connectivity index is 1.26. The van der Waals surface area contributed by atoms with Gasteiger partial charge in [0.2, 0.25) is 0 Å². The largest absolute Gasteiger partial charge is 0.486 e. The zero-order valence-corrected chi connectivity index (χ0v) is 14.8. The summed E-state index contributed by atoms with van der Waals surface area (Å²) in [5.74, 6) is 1.62. The van der Waals surface area contributed by atoms with Crippen LogP contribution in [0.5, 0.6) is 11.5 Å². The van der Waals surface area contributed by atoms with Crippen molar-refractivity contribution in [2.24, 2.45) is 0 Å². The first-order valence-electron chi connectivity index (χ1n) is 9.43. The molecule has 1 aliphatic carbocycles. The molecule has 26 heavy (non-hydrogen) atoms. The third kappa shape index (κ3) is 2.80. The first-order chi connectivity index (χ1) is 12.8. The summed E-state index contributed by atoms with van der Waals surface area (Å²) in [5, 5.41) is 0. The quantitative estimate of drug-likeness (QED) is 0.828. The van der Waals surface area contributed by atoms with Gasteiger partial charge in [-0.3, -0.25) is 4.90 Å². The van der Waals surface area contributed by atoms with Gasteiger partial charge in [-0.15, -0.1) is 0 Å². The molecule has 0 saturated carbocycles. The summed E-state index contributed by atoms with van der Waals surface area (Å²) in [4.78, 5) is 4.95. The van der Waals surface area contributed by atoms with Crippen molar-refractivity contribution in [3.8, 4) is 11.5 Å². The Morgan fingerprint density at radius 2 is 1.69 bits per heavy atom. The lowest BCUT2D eigenvalue weighted by atomic mass is 10.1. The van der Waals surface area contributed by atoms with Crippen LogP contribution >= 0.6 is 0 Å². The standard InChI is InChI=1S/C21H23FN2O2/c22-17-5-4-15-13-18(14-16(15)12-17)23-6-8-24(9-7-23)19-2-1-3-20-21(19)26-11-10-25-20/h1-5,12,18H,6-11,13-14H2. The van der Waals surface area contributed by atoms with E-state index in [0.717, 1.165) is 56.2 Å². The van der Waals surface area contributed by atoms with Gasteiger partial charge in [-0.1, -0.05) is 12.1 Å². The van der Waals surface area contributed by atoms with E-state index >= 15 is 0 Å². The fourth-order valence-electron chi connectivity index (χ4n) is 4.46. The molecule has 2 aromatic carbocycles. The van der Waals surface area contributed by atoms with Crippen LogP contribution in [0.15, 0.2) is 36.4 Å². The van der Waals surface area contributed by atoms with Gasteiger partial charge in [-0.25, -0.2) is 4.39 Å². The van der Waals surface area contributed by atoms with Gasteiger partial charge in [0.15, 0.2) is 11.5 Å². The molecule has 5 rings (SSSR count). The fraction of sp³-hybridized carbons (Fsp3) is 0.429. The molecular formula is C21H23FN2O2. The number of rotatable bonds is 2. The minimum Gasteiger partial charge on any atom is -0.486 e. The SMILES string of the molecule is Fc1ccc2c(c1)CC(N1CCN(c3cccc4c3OCCO4)CC1)C2. The van der Waals surface area contributed by atoms with E-state index in [1.54, 1.807) is 12.1 Å². The molecule has 1 unspecified atom stereocenters. The first-order valence-corrected chi connectivity index (χ1v) is 9.43. The molecule has 0 spiro atoms. The summed E-state index contributed by atoms with van der Waals surface area (Å²) < 4.78 is 25.0. The third-order valence-electron chi connectivity index (χ3n) is 5.80. The maximum absolute atomic E-state index is 13.5. The summed E-state index contributed by atoms with van der Waals surface area (Å²) in [5.41, 5.74) is 3.63. The molecule has 0 radical (unpaired) electrons. The van der Waals surface area contributed by atoms with Gasteiger partial charge >= 0.3 is 0 Å². The topological polar surface area (TPSA) is 24.9 Å². The Bertz CT molecular complexity index is 818. The fourth-order valence-corrected chi connectivity index (χ4v) is 4.46. The van der Waals surface area contributed by atoms with Crippen molar-refractivity contribution in [3.63, 3.8) is 0 Å². The van der Waals surface area contributed by atoms with Gasteiger partial charge < -0.3 is 14.4 Å². The number of piperazine rings is 1. The van der Waals surface area contributed by atoms with Crippen LogP contribution in [0, 0.1) is 5.82 Å². The summed E-state index contributed by atoms with van der Waals surface area (Å²) in [6.07, 6.45) is 2.00. The van der Waals surface area contributed by atoms with E-state index in [-0.39, 0.29) is 5.82 Å². The molecule has 1 fully saturated rings. The molecule has 0 bridgehead atoms. The van der Waals surface area contributed by atoms with E-state index in [4.69, 9.17) is 9.47 Å². The van der Waals surface area contributed by atoms with Gasteiger partial charge in [0, 0.05) is 32.2 Å². The van der Waals surface area contributed by atoms with Crippen LogP contribution in [-0.4, -0.2) is 50.3 Å². The predicted octanol–water partition coefficient (Wildman–Crippen LogP) is 2.89. The maximum atomic E-state index is 13.5. The van der Waals surface area contributed by atoms with Gasteiger partial charge in [0.25, 0.3) is 0 Å². The van der Waals surface area contributed by atoms with Crippen LogP contribution < -0.4 is 14.4 Å². The molecule has 5 heteroatoms. The number of hydrogen-bond acceptors (Lipinski definition) is 4. The smallest absolute Gasteiger partial charge is 0.184 e. The maximum Gasteiger partial charge on any atom is 0.184 e. The van der Waals surface area contributed by atoms with Crippen molar-refractivity contribution < 1.29 is 13.9 Å². The molecule has 0 amide bonds. The van der Waals surface area contributed by atoms with Crippen molar-refractivity contribution >= 4 is 5.69 Å². The first kappa shape index (κ1) is 15.9. The van der Waals surface area contributed by atoms with Gasteiger partial charge in [-0.2, -0.15) is 0 Å². The van der Waals surface area contributed by atoms with Crippen LogP contribution in [0.1, 0.15) is 11.1 Å². The van der Waals surface area contributed by atoms with Crippen molar-refractivity contribution in [1.82, 2.24) is 4.90 Å². The third-order valence-corrected chi connectivity index (χ3v) is 5.80. The second kappa shape index (κ2) is 6.47. The number of hydrogen-bond donors (Lipinski definition) is 0. The van der Waals surface area contributed by atoms with Gasteiger partial charge in [0.05, 0.1) is 5.69 Å². The molecule has 0 N–H and O–H groups in total.